The van der Waals surface area contributed by atoms with E-state index >= 15 is 0 Å². The third-order valence-corrected chi connectivity index (χ3v) is 1.28. The van der Waals surface area contributed by atoms with Crippen LogP contribution in [-0.4, -0.2) is 12.5 Å². The van der Waals surface area contributed by atoms with Crippen LogP contribution in [0.1, 0.15) is 0 Å². The summed E-state index contributed by atoms with van der Waals surface area (Å²) >= 11 is 0. The molecule has 0 aliphatic heterocycles. The molecule has 0 spiro atoms. The maximum Gasteiger partial charge on any atom is 0.325 e. The SMILES string of the molecule is NCC(=O)Oc1ccc(F)cc1F. The fraction of sp³-hybridized carbons (Fsp3) is 0.125. The van der Waals surface area contributed by atoms with Crippen molar-refractivity contribution in [3.05, 3.63) is 29.8 Å². The highest BCUT2D eigenvalue weighted by atomic mass is 19.1. The van der Waals surface area contributed by atoms with E-state index in [-0.39, 0.29) is 12.3 Å². The van der Waals surface area contributed by atoms with Crippen molar-refractivity contribution in [2.75, 3.05) is 6.54 Å². The number of esters is 1. The average molecular weight is 187 g/mol. The minimum atomic E-state index is -0.929. The lowest BCUT2D eigenvalue weighted by atomic mass is 10.3. The molecular formula is C8H7F2NO2. The molecule has 1 rings (SSSR count). The van der Waals surface area contributed by atoms with E-state index in [2.05, 4.69) is 4.74 Å². The number of hydrogen-bond acceptors (Lipinski definition) is 3. The van der Waals surface area contributed by atoms with E-state index in [0.29, 0.717) is 6.07 Å². The number of nitrogens with two attached hydrogens (primary N) is 1. The van der Waals surface area contributed by atoms with Crippen LogP contribution in [0.4, 0.5) is 8.78 Å². The molecule has 1 aromatic carbocycles. The van der Waals surface area contributed by atoms with Crippen molar-refractivity contribution in [2.45, 2.75) is 0 Å². The zero-order valence-corrected chi connectivity index (χ0v) is 6.59. The molecule has 70 valence electrons. The van der Waals surface area contributed by atoms with Gasteiger partial charge in [0.2, 0.25) is 0 Å². The maximum absolute atomic E-state index is 12.8. The van der Waals surface area contributed by atoms with Gasteiger partial charge in [-0.1, -0.05) is 0 Å². The zero-order chi connectivity index (χ0) is 9.84. The highest BCUT2D eigenvalue weighted by Gasteiger charge is 2.08. The third kappa shape index (κ3) is 2.48. The minimum Gasteiger partial charge on any atom is -0.422 e. The van der Waals surface area contributed by atoms with E-state index in [4.69, 9.17) is 5.73 Å². The topological polar surface area (TPSA) is 52.3 Å². The molecule has 0 fully saturated rings. The average Bonchev–Trinajstić information content (AvgIpc) is 2.09. The second-order valence-electron chi connectivity index (χ2n) is 2.25. The van der Waals surface area contributed by atoms with Gasteiger partial charge in [0.1, 0.15) is 5.82 Å². The van der Waals surface area contributed by atoms with Gasteiger partial charge in [-0.05, 0) is 12.1 Å². The van der Waals surface area contributed by atoms with Crippen molar-refractivity contribution in [3.63, 3.8) is 0 Å². The standard InChI is InChI=1S/C8H7F2NO2/c9-5-1-2-7(6(10)3-5)13-8(12)4-11/h1-3H,4,11H2. The summed E-state index contributed by atoms with van der Waals surface area (Å²) in [5.41, 5.74) is 4.93. The lowest BCUT2D eigenvalue weighted by Gasteiger charge is -2.02. The number of halogens is 2. The summed E-state index contributed by atoms with van der Waals surface area (Å²) < 4.78 is 29.6. The van der Waals surface area contributed by atoms with Crippen LogP contribution in [0.25, 0.3) is 0 Å². The minimum absolute atomic E-state index is 0.322. The van der Waals surface area contributed by atoms with Crippen LogP contribution in [0.3, 0.4) is 0 Å². The molecule has 5 heteroatoms. The van der Waals surface area contributed by atoms with Gasteiger partial charge in [-0.2, -0.15) is 0 Å². The van der Waals surface area contributed by atoms with Crippen molar-refractivity contribution in [3.8, 4) is 5.75 Å². The molecule has 0 bridgehead atoms. The number of rotatable bonds is 2. The van der Waals surface area contributed by atoms with Crippen LogP contribution in [0.2, 0.25) is 0 Å². The van der Waals surface area contributed by atoms with Gasteiger partial charge in [0, 0.05) is 6.07 Å². The van der Waals surface area contributed by atoms with E-state index in [1.54, 1.807) is 0 Å². The summed E-state index contributed by atoms with van der Waals surface area (Å²) in [4.78, 5) is 10.6. The normalized spacial score (nSPS) is 9.77. The molecule has 3 nitrogen and oxygen atoms in total. The maximum atomic E-state index is 12.8. The molecule has 2 N–H and O–H groups in total. The Labute approximate surface area is 73.1 Å². The monoisotopic (exact) mass is 187 g/mol. The Kier molecular flexibility index (Phi) is 2.92. The molecule has 0 aromatic heterocycles. The summed E-state index contributed by atoms with van der Waals surface area (Å²) in [6.07, 6.45) is 0. The summed E-state index contributed by atoms with van der Waals surface area (Å²) in [7, 11) is 0. The highest BCUT2D eigenvalue weighted by Crippen LogP contribution is 2.17. The number of carbonyl (C=O) groups is 1. The van der Waals surface area contributed by atoms with Gasteiger partial charge in [-0.3, -0.25) is 4.79 Å². The number of benzene rings is 1. The molecule has 0 amide bonds. The Morgan fingerprint density at radius 2 is 2.15 bits per heavy atom. The smallest absolute Gasteiger partial charge is 0.325 e. The highest BCUT2D eigenvalue weighted by molar-refractivity contribution is 5.74. The van der Waals surface area contributed by atoms with E-state index in [1.807, 2.05) is 0 Å². The van der Waals surface area contributed by atoms with Crippen LogP contribution < -0.4 is 10.5 Å². The predicted octanol–water partition coefficient (Wildman–Crippen LogP) is 0.829. The molecule has 13 heavy (non-hydrogen) atoms. The lowest BCUT2D eigenvalue weighted by molar-refractivity contribution is -0.132. The Hall–Kier alpha value is -1.49. The molecule has 0 saturated carbocycles. The number of hydrogen-bond donors (Lipinski definition) is 1. The van der Waals surface area contributed by atoms with Crippen molar-refractivity contribution >= 4 is 5.97 Å². The molecule has 0 radical (unpaired) electrons. The van der Waals surface area contributed by atoms with Gasteiger partial charge < -0.3 is 10.5 Å². The van der Waals surface area contributed by atoms with Gasteiger partial charge >= 0.3 is 5.97 Å². The van der Waals surface area contributed by atoms with Crippen molar-refractivity contribution in [2.24, 2.45) is 5.73 Å². The van der Waals surface area contributed by atoms with Gasteiger partial charge in [-0.15, -0.1) is 0 Å². The van der Waals surface area contributed by atoms with Crippen molar-refractivity contribution in [1.82, 2.24) is 0 Å². The van der Waals surface area contributed by atoms with Crippen LogP contribution >= 0.6 is 0 Å². The quantitative estimate of drug-likeness (QED) is 0.551. The summed E-state index contributed by atoms with van der Waals surface area (Å²) in [6.45, 7) is -0.350. The largest absolute Gasteiger partial charge is 0.422 e. The number of carbonyl (C=O) groups excluding carboxylic acids is 1. The van der Waals surface area contributed by atoms with Gasteiger partial charge in [0.05, 0.1) is 6.54 Å². The van der Waals surface area contributed by atoms with Crippen LogP contribution in [-0.2, 0) is 4.79 Å². The van der Waals surface area contributed by atoms with Crippen LogP contribution in [0, 0.1) is 11.6 Å². The van der Waals surface area contributed by atoms with Crippen LogP contribution in [0.5, 0.6) is 5.75 Å². The summed E-state index contributed by atoms with van der Waals surface area (Å²) in [5.74, 6) is -2.76. The Morgan fingerprint density at radius 1 is 1.46 bits per heavy atom. The predicted molar refractivity (Wildman–Crippen MR) is 41.0 cm³/mol. The first-order valence-electron chi connectivity index (χ1n) is 3.49. The fourth-order valence-electron chi connectivity index (χ4n) is 0.722. The Balaban J connectivity index is 2.83. The molecule has 0 saturated heterocycles. The molecule has 0 aliphatic carbocycles. The Morgan fingerprint density at radius 3 is 2.69 bits per heavy atom. The molecule has 0 unspecified atom stereocenters. The third-order valence-electron chi connectivity index (χ3n) is 1.28. The van der Waals surface area contributed by atoms with E-state index in [9.17, 15) is 13.6 Å². The van der Waals surface area contributed by atoms with E-state index in [1.165, 1.54) is 0 Å². The fourth-order valence-corrected chi connectivity index (χ4v) is 0.722. The molecular weight excluding hydrogens is 180 g/mol. The zero-order valence-electron chi connectivity index (χ0n) is 6.59. The van der Waals surface area contributed by atoms with Crippen molar-refractivity contribution in [1.29, 1.82) is 0 Å². The lowest BCUT2D eigenvalue weighted by Crippen LogP contribution is -2.19. The second kappa shape index (κ2) is 3.95. The molecule has 0 heterocycles. The first-order chi connectivity index (χ1) is 6.13. The summed E-state index contributed by atoms with van der Waals surface area (Å²) in [6, 6.07) is 2.64. The van der Waals surface area contributed by atoms with Crippen LogP contribution in [0.15, 0.2) is 18.2 Å². The van der Waals surface area contributed by atoms with Gasteiger partial charge in [0.25, 0.3) is 0 Å². The Bertz CT molecular complexity index is 328. The van der Waals surface area contributed by atoms with Crippen molar-refractivity contribution < 1.29 is 18.3 Å². The first-order valence-corrected chi connectivity index (χ1v) is 3.49. The van der Waals surface area contributed by atoms with E-state index < -0.39 is 17.6 Å². The van der Waals surface area contributed by atoms with Gasteiger partial charge in [0.15, 0.2) is 11.6 Å². The number of ether oxygens (including phenoxy) is 1. The first kappa shape index (κ1) is 9.60. The van der Waals surface area contributed by atoms with E-state index in [0.717, 1.165) is 12.1 Å². The second-order valence-corrected chi connectivity index (χ2v) is 2.25. The molecule has 1 aromatic rings. The molecule has 0 aliphatic rings. The summed E-state index contributed by atoms with van der Waals surface area (Å²) in [5, 5.41) is 0. The molecule has 0 atom stereocenters. The van der Waals surface area contributed by atoms with Gasteiger partial charge in [-0.25, -0.2) is 8.78 Å².